The van der Waals surface area contributed by atoms with E-state index in [-0.39, 0.29) is 18.1 Å². The van der Waals surface area contributed by atoms with Crippen molar-refractivity contribution < 1.29 is 9.47 Å². The van der Waals surface area contributed by atoms with Crippen LogP contribution in [0.25, 0.3) is 0 Å². The second kappa shape index (κ2) is 6.69. The summed E-state index contributed by atoms with van der Waals surface area (Å²) in [5.74, 6) is 0.778. The Bertz CT molecular complexity index is 433. The fourth-order valence-corrected chi connectivity index (χ4v) is 2.22. The first-order valence-electron chi connectivity index (χ1n) is 7.13. The van der Waals surface area contributed by atoms with Crippen LogP contribution in [0.5, 0.6) is 6.01 Å². The van der Waals surface area contributed by atoms with E-state index in [1.54, 1.807) is 0 Å². The van der Waals surface area contributed by atoms with Crippen molar-refractivity contribution in [2.75, 3.05) is 30.3 Å². The van der Waals surface area contributed by atoms with Crippen LogP contribution in [-0.4, -0.2) is 46.9 Å². The van der Waals surface area contributed by atoms with Crippen LogP contribution in [0.3, 0.4) is 0 Å². The van der Waals surface area contributed by atoms with E-state index in [2.05, 4.69) is 19.9 Å². The Morgan fingerprint density at radius 1 is 1.25 bits per heavy atom. The molecule has 1 aliphatic heterocycles. The van der Waals surface area contributed by atoms with Crippen molar-refractivity contribution >= 4 is 11.9 Å². The third-order valence-corrected chi connectivity index (χ3v) is 3.09. The second-order valence-electron chi connectivity index (χ2n) is 5.08. The van der Waals surface area contributed by atoms with E-state index in [1.165, 1.54) is 0 Å². The van der Waals surface area contributed by atoms with Gasteiger partial charge < -0.3 is 20.1 Å². The summed E-state index contributed by atoms with van der Waals surface area (Å²) in [7, 11) is 0. The first kappa shape index (κ1) is 14.8. The number of hydrogen-bond donors (Lipinski definition) is 1. The summed E-state index contributed by atoms with van der Waals surface area (Å²) in [6, 6.07) is 0.287. The normalized spacial score (nSPS) is 16.7. The van der Waals surface area contributed by atoms with E-state index in [0.29, 0.717) is 12.1 Å². The molecule has 0 radical (unpaired) electrons. The highest BCUT2D eigenvalue weighted by molar-refractivity contribution is 5.36. The summed E-state index contributed by atoms with van der Waals surface area (Å²) in [6.07, 6.45) is 2.29. The summed E-state index contributed by atoms with van der Waals surface area (Å²) < 4.78 is 11.1. The molecule has 1 fully saturated rings. The van der Waals surface area contributed by atoms with Crippen molar-refractivity contribution in [2.45, 2.75) is 45.8 Å². The lowest BCUT2D eigenvalue weighted by Crippen LogP contribution is -2.38. The van der Waals surface area contributed by atoms with Gasteiger partial charge in [0.2, 0.25) is 11.9 Å². The van der Waals surface area contributed by atoms with Crippen LogP contribution in [0, 0.1) is 0 Å². The van der Waals surface area contributed by atoms with E-state index < -0.39 is 0 Å². The predicted octanol–water partition coefficient (Wildman–Crippen LogP) is 1.25. The molecule has 1 saturated heterocycles. The van der Waals surface area contributed by atoms with Gasteiger partial charge in [-0.1, -0.05) is 0 Å². The minimum absolute atomic E-state index is 0.00772. The van der Waals surface area contributed by atoms with Crippen molar-refractivity contribution in [3.05, 3.63) is 0 Å². The first-order valence-corrected chi connectivity index (χ1v) is 7.13. The minimum atomic E-state index is 0.00772. The Morgan fingerprint density at radius 2 is 1.95 bits per heavy atom. The van der Waals surface area contributed by atoms with E-state index in [4.69, 9.17) is 15.2 Å². The number of ether oxygens (including phenoxy) is 2. The Kier molecular flexibility index (Phi) is 4.94. The first-order chi connectivity index (χ1) is 9.58. The standard InChI is InChI=1S/C13H23N5O2/c1-4-19-10-5-7-18(8-6-10)12-15-11(14)16-13(17-12)20-9(2)3/h9-10H,4-8H2,1-3H3,(H2,14,15,16,17). The molecule has 2 heterocycles. The van der Waals surface area contributed by atoms with Gasteiger partial charge in [0.15, 0.2) is 0 Å². The molecular weight excluding hydrogens is 258 g/mol. The van der Waals surface area contributed by atoms with Gasteiger partial charge in [-0.05, 0) is 33.6 Å². The number of piperidine rings is 1. The maximum Gasteiger partial charge on any atom is 0.323 e. The SMILES string of the molecule is CCOC1CCN(c2nc(N)nc(OC(C)C)n2)CC1. The van der Waals surface area contributed by atoms with Crippen molar-refractivity contribution in [3.8, 4) is 6.01 Å². The van der Waals surface area contributed by atoms with E-state index >= 15 is 0 Å². The van der Waals surface area contributed by atoms with Gasteiger partial charge in [0.1, 0.15) is 0 Å². The molecule has 1 aromatic heterocycles. The zero-order valence-corrected chi connectivity index (χ0v) is 12.4. The van der Waals surface area contributed by atoms with Crippen molar-refractivity contribution in [3.63, 3.8) is 0 Å². The largest absolute Gasteiger partial charge is 0.461 e. The van der Waals surface area contributed by atoms with E-state index in [0.717, 1.165) is 32.5 Å². The van der Waals surface area contributed by atoms with Crippen LogP contribution >= 0.6 is 0 Å². The van der Waals surface area contributed by atoms with Crippen LogP contribution in [0.15, 0.2) is 0 Å². The van der Waals surface area contributed by atoms with Crippen LogP contribution in [-0.2, 0) is 4.74 Å². The molecule has 20 heavy (non-hydrogen) atoms. The number of rotatable bonds is 5. The third kappa shape index (κ3) is 3.93. The summed E-state index contributed by atoms with van der Waals surface area (Å²) in [5, 5.41) is 0. The highest BCUT2D eigenvalue weighted by Crippen LogP contribution is 2.20. The third-order valence-electron chi connectivity index (χ3n) is 3.09. The summed E-state index contributed by atoms with van der Waals surface area (Å²) in [6.45, 7) is 8.34. The van der Waals surface area contributed by atoms with Gasteiger partial charge in [0.25, 0.3) is 0 Å². The molecule has 112 valence electrons. The molecule has 0 saturated carbocycles. The molecule has 0 aromatic carbocycles. The van der Waals surface area contributed by atoms with Gasteiger partial charge in [-0.3, -0.25) is 0 Å². The average molecular weight is 281 g/mol. The number of anilines is 2. The average Bonchev–Trinajstić information content (AvgIpc) is 2.38. The Morgan fingerprint density at radius 3 is 2.55 bits per heavy atom. The number of aromatic nitrogens is 3. The van der Waals surface area contributed by atoms with Crippen molar-refractivity contribution in [1.29, 1.82) is 0 Å². The summed E-state index contributed by atoms with van der Waals surface area (Å²) >= 11 is 0. The van der Waals surface area contributed by atoms with Crippen LogP contribution in [0.1, 0.15) is 33.6 Å². The predicted molar refractivity (Wildman–Crippen MR) is 76.9 cm³/mol. The van der Waals surface area contributed by atoms with E-state index in [9.17, 15) is 0 Å². The van der Waals surface area contributed by atoms with E-state index in [1.807, 2.05) is 20.8 Å². The quantitative estimate of drug-likeness (QED) is 0.869. The Balaban J connectivity index is 2.03. The fourth-order valence-electron chi connectivity index (χ4n) is 2.22. The molecule has 1 aromatic rings. The summed E-state index contributed by atoms with van der Waals surface area (Å²) in [5.41, 5.74) is 5.72. The van der Waals surface area contributed by atoms with Crippen molar-refractivity contribution in [1.82, 2.24) is 15.0 Å². The van der Waals surface area contributed by atoms with Gasteiger partial charge >= 0.3 is 6.01 Å². The molecule has 2 rings (SSSR count). The molecule has 7 heteroatoms. The number of nitrogens with zero attached hydrogens (tertiary/aromatic N) is 4. The molecule has 0 spiro atoms. The zero-order valence-electron chi connectivity index (χ0n) is 12.4. The molecule has 2 N–H and O–H groups in total. The van der Waals surface area contributed by atoms with Gasteiger partial charge in [0, 0.05) is 19.7 Å². The second-order valence-corrected chi connectivity index (χ2v) is 5.08. The van der Waals surface area contributed by atoms with Gasteiger partial charge in [-0.15, -0.1) is 0 Å². The lowest BCUT2D eigenvalue weighted by atomic mass is 10.1. The zero-order chi connectivity index (χ0) is 14.5. The fraction of sp³-hybridized carbons (Fsp3) is 0.769. The number of nitrogen functional groups attached to an aromatic ring is 1. The molecule has 0 aliphatic carbocycles. The number of hydrogen-bond acceptors (Lipinski definition) is 7. The summed E-state index contributed by atoms with van der Waals surface area (Å²) in [4.78, 5) is 14.6. The lowest BCUT2D eigenvalue weighted by molar-refractivity contribution is 0.0457. The van der Waals surface area contributed by atoms with Crippen LogP contribution in [0.4, 0.5) is 11.9 Å². The maximum absolute atomic E-state index is 5.72. The van der Waals surface area contributed by atoms with Gasteiger partial charge in [0.05, 0.1) is 12.2 Å². The molecule has 1 aliphatic rings. The molecule has 7 nitrogen and oxygen atoms in total. The molecule has 0 amide bonds. The highest BCUT2D eigenvalue weighted by Gasteiger charge is 2.22. The highest BCUT2D eigenvalue weighted by atomic mass is 16.5. The lowest BCUT2D eigenvalue weighted by Gasteiger charge is -2.31. The maximum atomic E-state index is 5.72. The smallest absolute Gasteiger partial charge is 0.323 e. The van der Waals surface area contributed by atoms with Crippen molar-refractivity contribution in [2.24, 2.45) is 0 Å². The Labute approximate surface area is 119 Å². The number of nitrogens with two attached hydrogens (primary N) is 1. The topological polar surface area (TPSA) is 86.4 Å². The van der Waals surface area contributed by atoms with Gasteiger partial charge in [-0.2, -0.15) is 15.0 Å². The van der Waals surface area contributed by atoms with Crippen LogP contribution in [0.2, 0.25) is 0 Å². The Hall–Kier alpha value is -1.63. The molecule has 0 unspecified atom stereocenters. The monoisotopic (exact) mass is 281 g/mol. The molecule has 0 bridgehead atoms. The minimum Gasteiger partial charge on any atom is -0.461 e. The molecule has 0 atom stereocenters. The van der Waals surface area contributed by atoms with Gasteiger partial charge in [-0.25, -0.2) is 0 Å². The van der Waals surface area contributed by atoms with Crippen LogP contribution < -0.4 is 15.4 Å². The molecular formula is C13H23N5O2.